The molecule has 10 nitrogen and oxygen atoms in total. The van der Waals surface area contributed by atoms with Crippen LogP contribution in [0.4, 0.5) is 15.3 Å². The number of aromatic nitrogens is 4. The van der Waals surface area contributed by atoms with Gasteiger partial charge in [-0.2, -0.15) is 5.10 Å². The Hall–Kier alpha value is -3.82. The Morgan fingerprint density at radius 3 is 2.48 bits per heavy atom. The highest BCUT2D eigenvalue weighted by atomic mass is 16.6. The van der Waals surface area contributed by atoms with Gasteiger partial charge in [-0.3, -0.25) is 10.00 Å². The minimum Gasteiger partial charge on any atom is -0.453 e. The fourth-order valence-electron chi connectivity index (χ4n) is 3.15. The molecule has 1 aromatic carbocycles. The molecule has 10 heteroatoms. The summed E-state index contributed by atoms with van der Waals surface area (Å²) >= 11 is 0. The zero-order chi connectivity index (χ0) is 24.0. The summed E-state index contributed by atoms with van der Waals surface area (Å²) in [5.41, 5.74) is 2.61. The number of nitrogens with one attached hydrogen (secondary N) is 3. The predicted molar refractivity (Wildman–Crippen MR) is 124 cm³/mol. The molecular weight excluding hydrogens is 424 g/mol. The van der Waals surface area contributed by atoms with Crippen molar-refractivity contribution in [1.29, 1.82) is 0 Å². The van der Waals surface area contributed by atoms with Crippen LogP contribution < -0.4 is 10.6 Å². The molecule has 0 saturated heterocycles. The molecule has 0 fully saturated rings. The van der Waals surface area contributed by atoms with Crippen molar-refractivity contribution in [2.75, 3.05) is 12.4 Å². The van der Waals surface area contributed by atoms with Gasteiger partial charge >= 0.3 is 12.2 Å². The Bertz CT molecular complexity index is 1080. The van der Waals surface area contributed by atoms with Crippen molar-refractivity contribution in [2.24, 2.45) is 0 Å². The molecule has 0 saturated carbocycles. The number of carbonyl (C=O) groups is 2. The largest absolute Gasteiger partial charge is 0.453 e. The van der Waals surface area contributed by atoms with E-state index in [-0.39, 0.29) is 0 Å². The molecule has 1 atom stereocenters. The van der Waals surface area contributed by atoms with Crippen LogP contribution in [0.3, 0.4) is 0 Å². The second-order valence-electron chi connectivity index (χ2n) is 8.48. The molecule has 0 spiro atoms. The predicted octanol–water partition coefficient (Wildman–Crippen LogP) is 4.28. The Morgan fingerprint density at radius 2 is 1.88 bits per heavy atom. The quantitative estimate of drug-likeness (QED) is 0.490. The van der Waals surface area contributed by atoms with Gasteiger partial charge in [-0.15, -0.1) is 0 Å². The number of hydrogen-bond donors (Lipinski definition) is 3. The number of carbonyl (C=O) groups excluding carboxylic acids is 2. The molecule has 2 aromatic heterocycles. The van der Waals surface area contributed by atoms with E-state index >= 15 is 0 Å². The van der Waals surface area contributed by atoms with E-state index in [1.807, 2.05) is 50.7 Å². The van der Waals surface area contributed by atoms with Crippen molar-refractivity contribution in [1.82, 2.24) is 25.1 Å². The molecular formula is C23H30N6O4. The van der Waals surface area contributed by atoms with E-state index in [1.165, 1.54) is 7.11 Å². The van der Waals surface area contributed by atoms with Crippen LogP contribution in [0.15, 0.2) is 42.9 Å². The van der Waals surface area contributed by atoms with Crippen molar-refractivity contribution < 1.29 is 19.1 Å². The van der Waals surface area contributed by atoms with E-state index < -0.39 is 23.8 Å². The van der Waals surface area contributed by atoms with E-state index in [0.717, 1.165) is 23.4 Å². The summed E-state index contributed by atoms with van der Waals surface area (Å²) in [7, 11) is 1.31. The molecule has 176 valence electrons. The van der Waals surface area contributed by atoms with Gasteiger partial charge < -0.3 is 19.8 Å². The Balaban J connectivity index is 1.80. The van der Waals surface area contributed by atoms with Crippen LogP contribution >= 0.6 is 0 Å². The van der Waals surface area contributed by atoms with Crippen LogP contribution in [-0.2, 0) is 22.4 Å². The number of ether oxygens (including phenoxy) is 2. The van der Waals surface area contributed by atoms with Crippen LogP contribution in [0, 0.1) is 0 Å². The number of rotatable bonds is 7. The first-order valence-corrected chi connectivity index (χ1v) is 10.7. The maximum atomic E-state index is 12.5. The molecule has 1 unspecified atom stereocenters. The minimum absolute atomic E-state index is 0.441. The SMILES string of the molecule is CCn1cc(CC(NC(=O)OC(C)(C)C)c2ncc(-c3ccc(NC(=O)OC)cc3)[nH]2)cn1. The van der Waals surface area contributed by atoms with E-state index in [4.69, 9.17) is 4.74 Å². The van der Waals surface area contributed by atoms with Gasteiger partial charge in [-0.05, 0) is 51.0 Å². The second kappa shape index (κ2) is 10.2. The fraction of sp³-hybridized carbons (Fsp3) is 0.391. The highest BCUT2D eigenvalue weighted by molar-refractivity contribution is 5.84. The number of methoxy groups -OCH3 is 1. The van der Waals surface area contributed by atoms with Gasteiger partial charge in [0.2, 0.25) is 0 Å². The van der Waals surface area contributed by atoms with Crippen molar-refractivity contribution >= 4 is 17.9 Å². The van der Waals surface area contributed by atoms with Crippen LogP contribution in [0.5, 0.6) is 0 Å². The molecule has 3 N–H and O–H groups in total. The van der Waals surface area contributed by atoms with Gasteiger partial charge in [0.1, 0.15) is 11.4 Å². The molecule has 0 aliphatic carbocycles. The third-order valence-corrected chi connectivity index (χ3v) is 4.69. The summed E-state index contributed by atoms with van der Waals surface area (Å²) in [4.78, 5) is 31.6. The number of H-pyrrole nitrogens is 1. The number of benzene rings is 1. The Kier molecular flexibility index (Phi) is 7.37. The highest BCUT2D eigenvalue weighted by Gasteiger charge is 2.23. The topological polar surface area (TPSA) is 123 Å². The third-order valence-electron chi connectivity index (χ3n) is 4.69. The van der Waals surface area contributed by atoms with Crippen molar-refractivity contribution in [2.45, 2.75) is 52.3 Å². The molecule has 2 amide bonds. The lowest BCUT2D eigenvalue weighted by Crippen LogP contribution is -2.36. The van der Waals surface area contributed by atoms with Gasteiger partial charge in [0.15, 0.2) is 0 Å². The molecule has 0 radical (unpaired) electrons. The number of aromatic amines is 1. The zero-order valence-corrected chi connectivity index (χ0v) is 19.5. The van der Waals surface area contributed by atoms with Crippen molar-refractivity contribution in [3.8, 4) is 11.3 Å². The minimum atomic E-state index is -0.615. The summed E-state index contributed by atoms with van der Waals surface area (Å²) < 4.78 is 11.9. The summed E-state index contributed by atoms with van der Waals surface area (Å²) in [5, 5.41) is 9.84. The molecule has 0 bridgehead atoms. The summed E-state index contributed by atoms with van der Waals surface area (Å²) in [6.07, 6.45) is 4.87. The summed E-state index contributed by atoms with van der Waals surface area (Å²) in [6, 6.07) is 6.79. The lowest BCUT2D eigenvalue weighted by molar-refractivity contribution is 0.0501. The van der Waals surface area contributed by atoms with Gasteiger partial charge in [-0.25, -0.2) is 14.6 Å². The lowest BCUT2D eigenvalue weighted by atomic mass is 10.1. The number of nitrogens with zero attached hydrogens (tertiary/aromatic N) is 3. The first-order valence-electron chi connectivity index (χ1n) is 10.7. The van der Waals surface area contributed by atoms with Gasteiger partial charge in [0.05, 0.1) is 31.2 Å². The summed E-state index contributed by atoms with van der Waals surface area (Å²) in [5.74, 6) is 0.594. The Labute approximate surface area is 192 Å². The average Bonchev–Trinajstić information content (AvgIpc) is 3.42. The van der Waals surface area contributed by atoms with Crippen LogP contribution in [0.1, 0.15) is 45.1 Å². The average molecular weight is 455 g/mol. The van der Waals surface area contributed by atoms with Crippen molar-refractivity contribution in [3.63, 3.8) is 0 Å². The first kappa shape index (κ1) is 23.8. The molecule has 33 heavy (non-hydrogen) atoms. The number of imidazole rings is 1. The number of amides is 2. The van der Waals surface area contributed by atoms with E-state index in [0.29, 0.717) is 17.9 Å². The van der Waals surface area contributed by atoms with E-state index in [2.05, 4.69) is 30.4 Å². The van der Waals surface area contributed by atoms with Crippen molar-refractivity contribution in [3.05, 3.63) is 54.2 Å². The molecule has 0 aliphatic heterocycles. The van der Waals surface area contributed by atoms with Crippen LogP contribution in [0.25, 0.3) is 11.3 Å². The van der Waals surface area contributed by atoms with Crippen LogP contribution in [-0.4, -0.2) is 44.6 Å². The van der Waals surface area contributed by atoms with Gasteiger partial charge in [-0.1, -0.05) is 12.1 Å². The molecule has 3 rings (SSSR count). The third kappa shape index (κ3) is 6.83. The maximum Gasteiger partial charge on any atom is 0.411 e. The van der Waals surface area contributed by atoms with Gasteiger partial charge in [0.25, 0.3) is 0 Å². The van der Waals surface area contributed by atoms with Crippen LogP contribution in [0.2, 0.25) is 0 Å². The standard InChI is InChI=1S/C23H30N6O4/c1-6-29-14-15(12-25-29)11-18(28-22(31)33-23(2,3)4)20-24-13-19(27-20)16-7-9-17(10-8-16)26-21(30)32-5/h7-10,12-14,18H,6,11H2,1-5H3,(H,24,27)(H,26,30)(H,28,31). The number of hydrogen-bond acceptors (Lipinski definition) is 6. The van der Waals surface area contributed by atoms with E-state index in [9.17, 15) is 9.59 Å². The summed E-state index contributed by atoms with van der Waals surface area (Å²) in [6.45, 7) is 8.22. The number of anilines is 1. The first-order chi connectivity index (χ1) is 15.7. The zero-order valence-electron chi connectivity index (χ0n) is 19.5. The van der Waals surface area contributed by atoms with Gasteiger partial charge in [0, 0.05) is 24.8 Å². The fourth-order valence-corrected chi connectivity index (χ4v) is 3.15. The lowest BCUT2D eigenvalue weighted by Gasteiger charge is -2.22. The highest BCUT2D eigenvalue weighted by Crippen LogP contribution is 2.23. The monoisotopic (exact) mass is 454 g/mol. The molecule has 2 heterocycles. The molecule has 3 aromatic rings. The maximum absolute atomic E-state index is 12.5. The normalized spacial score (nSPS) is 12.2. The smallest absolute Gasteiger partial charge is 0.411 e. The Morgan fingerprint density at radius 1 is 1.15 bits per heavy atom. The van der Waals surface area contributed by atoms with E-state index in [1.54, 1.807) is 24.5 Å². The molecule has 0 aliphatic rings. The number of aryl methyl sites for hydroxylation is 1. The second-order valence-corrected chi connectivity index (χ2v) is 8.48. The number of alkyl carbamates (subject to hydrolysis) is 1.